The number of aromatic nitrogens is 2. The van der Waals surface area contributed by atoms with Gasteiger partial charge in [-0.05, 0) is 0 Å². The minimum absolute atomic E-state index is 0.0503. The average Bonchev–Trinajstić information content (AvgIpc) is 2.73. The zero-order chi connectivity index (χ0) is 12.3. The highest BCUT2D eigenvalue weighted by Gasteiger charge is 2.21. The van der Waals surface area contributed by atoms with Crippen LogP contribution in [0.4, 0.5) is 4.79 Å². The number of nitrogens with zero attached hydrogens (tertiary/aromatic N) is 3. The van der Waals surface area contributed by atoms with Crippen LogP contribution in [-0.4, -0.2) is 51.7 Å². The lowest BCUT2D eigenvalue weighted by Crippen LogP contribution is -2.27. The quantitative estimate of drug-likeness (QED) is 0.802. The van der Waals surface area contributed by atoms with E-state index in [9.17, 15) is 9.59 Å². The van der Waals surface area contributed by atoms with Crippen LogP contribution in [0.15, 0.2) is 12.4 Å². The molecule has 2 heterocycles. The highest BCUT2D eigenvalue weighted by molar-refractivity contribution is 5.86. The number of carboxylic acid groups (broad SMARTS) is 1. The van der Waals surface area contributed by atoms with E-state index in [2.05, 4.69) is 9.97 Å². The molecule has 0 aliphatic carbocycles. The van der Waals surface area contributed by atoms with E-state index < -0.39 is 5.97 Å². The van der Waals surface area contributed by atoms with Crippen molar-refractivity contribution in [1.29, 1.82) is 0 Å². The Morgan fingerprint density at radius 1 is 1.47 bits per heavy atom. The van der Waals surface area contributed by atoms with Gasteiger partial charge in [-0.3, -0.25) is 0 Å². The van der Waals surface area contributed by atoms with E-state index >= 15 is 0 Å². The van der Waals surface area contributed by atoms with E-state index in [1.54, 1.807) is 4.90 Å². The molecule has 1 N–H and O–H groups in total. The first-order valence-electron chi connectivity index (χ1n) is 5.13. The molecule has 0 unspecified atom stereocenters. The lowest BCUT2D eigenvalue weighted by atomic mass is 10.3. The first-order valence-corrected chi connectivity index (χ1v) is 5.13. The molecule has 0 bridgehead atoms. The lowest BCUT2D eigenvalue weighted by Gasteiger charge is -2.10. The summed E-state index contributed by atoms with van der Waals surface area (Å²) >= 11 is 0. The van der Waals surface area contributed by atoms with E-state index in [4.69, 9.17) is 9.84 Å². The fourth-order valence-corrected chi connectivity index (χ4v) is 1.46. The summed E-state index contributed by atoms with van der Waals surface area (Å²) in [5, 5.41) is 8.66. The maximum Gasteiger partial charge on any atom is 0.409 e. The molecule has 7 nitrogen and oxygen atoms in total. The van der Waals surface area contributed by atoms with Gasteiger partial charge in [-0.2, -0.15) is 0 Å². The van der Waals surface area contributed by atoms with Crippen LogP contribution in [0.25, 0.3) is 0 Å². The van der Waals surface area contributed by atoms with Crippen molar-refractivity contribution in [3.05, 3.63) is 23.8 Å². The topological polar surface area (TPSA) is 92.6 Å². The molecule has 0 spiro atoms. The second-order valence-corrected chi connectivity index (χ2v) is 3.54. The van der Waals surface area contributed by atoms with Gasteiger partial charge in [0, 0.05) is 25.4 Å². The third-order valence-electron chi connectivity index (χ3n) is 2.40. The SMILES string of the molecule is O=C(O)c1cnc(CCN2CCOC2=O)nc1. The molecular formula is C10H11N3O4. The first-order chi connectivity index (χ1) is 8.16. The Kier molecular flexibility index (Phi) is 3.17. The van der Waals surface area contributed by atoms with Gasteiger partial charge in [0.05, 0.1) is 12.1 Å². The normalized spacial score (nSPS) is 14.8. The van der Waals surface area contributed by atoms with Gasteiger partial charge < -0.3 is 14.7 Å². The highest BCUT2D eigenvalue weighted by atomic mass is 16.6. The van der Waals surface area contributed by atoms with Gasteiger partial charge in [0.2, 0.25) is 0 Å². The molecule has 1 aliphatic rings. The predicted octanol–water partition coefficient (Wildman–Crippen LogP) is 0.169. The average molecular weight is 237 g/mol. The number of hydrogen-bond donors (Lipinski definition) is 1. The third-order valence-corrected chi connectivity index (χ3v) is 2.40. The van der Waals surface area contributed by atoms with Gasteiger partial charge in [0.25, 0.3) is 0 Å². The number of carboxylic acids is 1. The number of amides is 1. The maximum atomic E-state index is 11.1. The van der Waals surface area contributed by atoms with Crippen molar-refractivity contribution >= 4 is 12.1 Å². The zero-order valence-corrected chi connectivity index (χ0v) is 9.00. The molecule has 1 fully saturated rings. The summed E-state index contributed by atoms with van der Waals surface area (Å²) in [4.78, 5) is 31.1. The van der Waals surface area contributed by atoms with Crippen LogP contribution in [0.2, 0.25) is 0 Å². The Balaban J connectivity index is 1.91. The molecule has 90 valence electrons. The second kappa shape index (κ2) is 4.77. The molecule has 1 aliphatic heterocycles. The molecule has 0 aromatic carbocycles. The van der Waals surface area contributed by atoms with Gasteiger partial charge in [-0.15, -0.1) is 0 Å². The molecule has 7 heteroatoms. The summed E-state index contributed by atoms with van der Waals surface area (Å²) < 4.78 is 4.77. The zero-order valence-electron chi connectivity index (χ0n) is 9.00. The Labute approximate surface area is 97.0 Å². The van der Waals surface area contributed by atoms with Crippen LogP contribution >= 0.6 is 0 Å². The van der Waals surface area contributed by atoms with Crippen LogP contribution in [0.5, 0.6) is 0 Å². The number of rotatable bonds is 4. The maximum absolute atomic E-state index is 11.1. The minimum Gasteiger partial charge on any atom is -0.478 e. The molecule has 0 saturated carbocycles. The third kappa shape index (κ3) is 2.68. The van der Waals surface area contributed by atoms with E-state index in [0.29, 0.717) is 31.9 Å². The molecule has 1 saturated heterocycles. The summed E-state index contributed by atoms with van der Waals surface area (Å²) in [6.45, 7) is 1.47. The van der Waals surface area contributed by atoms with Crippen molar-refractivity contribution in [1.82, 2.24) is 14.9 Å². The highest BCUT2D eigenvalue weighted by Crippen LogP contribution is 2.04. The van der Waals surface area contributed by atoms with Crippen molar-refractivity contribution in [2.45, 2.75) is 6.42 Å². The fourth-order valence-electron chi connectivity index (χ4n) is 1.46. The summed E-state index contributed by atoms with van der Waals surface area (Å²) in [6.07, 6.45) is 2.67. The molecule has 0 radical (unpaired) electrons. The van der Waals surface area contributed by atoms with E-state index in [-0.39, 0.29) is 11.7 Å². The standard InChI is InChI=1S/C10H11N3O4/c14-9(15)7-5-11-8(12-6-7)1-2-13-3-4-17-10(13)16/h5-6H,1-4H2,(H,14,15). The van der Waals surface area contributed by atoms with Crippen LogP contribution in [-0.2, 0) is 11.2 Å². The van der Waals surface area contributed by atoms with Gasteiger partial charge in [0.15, 0.2) is 0 Å². The fraction of sp³-hybridized carbons (Fsp3) is 0.400. The van der Waals surface area contributed by atoms with Crippen LogP contribution in [0, 0.1) is 0 Å². The van der Waals surface area contributed by atoms with Crippen molar-refractivity contribution in [2.24, 2.45) is 0 Å². The monoisotopic (exact) mass is 237 g/mol. The molecular weight excluding hydrogens is 226 g/mol. The summed E-state index contributed by atoms with van der Waals surface area (Å²) in [5.41, 5.74) is 0.0503. The first kappa shape index (κ1) is 11.3. The van der Waals surface area contributed by atoms with Gasteiger partial charge >= 0.3 is 12.1 Å². The Bertz CT molecular complexity index is 432. The van der Waals surface area contributed by atoms with E-state index in [1.165, 1.54) is 12.4 Å². The van der Waals surface area contributed by atoms with Gasteiger partial charge in [0.1, 0.15) is 12.4 Å². The molecule has 1 aromatic heterocycles. The van der Waals surface area contributed by atoms with E-state index in [1.807, 2.05) is 0 Å². The molecule has 1 aromatic rings. The lowest BCUT2D eigenvalue weighted by molar-refractivity contribution is 0.0696. The van der Waals surface area contributed by atoms with Crippen LogP contribution < -0.4 is 0 Å². The van der Waals surface area contributed by atoms with Crippen molar-refractivity contribution in [2.75, 3.05) is 19.7 Å². The summed E-state index contributed by atoms with van der Waals surface area (Å²) in [7, 11) is 0. The molecule has 1 amide bonds. The Morgan fingerprint density at radius 3 is 2.71 bits per heavy atom. The summed E-state index contributed by atoms with van der Waals surface area (Å²) in [6, 6.07) is 0. The molecule has 0 atom stereocenters. The predicted molar refractivity (Wildman–Crippen MR) is 55.6 cm³/mol. The van der Waals surface area contributed by atoms with Crippen LogP contribution in [0.1, 0.15) is 16.2 Å². The van der Waals surface area contributed by atoms with Gasteiger partial charge in [-0.1, -0.05) is 0 Å². The Morgan fingerprint density at radius 2 is 2.18 bits per heavy atom. The number of hydrogen-bond acceptors (Lipinski definition) is 5. The van der Waals surface area contributed by atoms with Crippen molar-refractivity contribution < 1.29 is 19.4 Å². The van der Waals surface area contributed by atoms with E-state index in [0.717, 1.165) is 0 Å². The number of carbonyl (C=O) groups is 2. The minimum atomic E-state index is -1.06. The second-order valence-electron chi connectivity index (χ2n) is 3.54. The summed E-state index contributed by atoms with van der Waals surface area (Å²) in [5.74, 6) is -0.547. The van der Waals surface area contributed by atoms with Crippen LogP contribution in [0.3, 0.4) is 0 Å². The Hall–Kier alpha value is -2.18. The largest absolute Gasteiger partial charge is 0.478 e. The number of cyclic esters (lactones) is 1. The van der Waals surface area contributed by atoms with Crippen molar-refractivity contribution in [3.63, 3.8) is 0 Å². The number of aromatic carboxylic acids is 1. The number of carbonyl (C=O) groups excluding carboxylic acids is 1. The smallest absolute Gasteiger partial charge is 0.409 e. The van der Waals surface area contributed by atoms with Crippen molar-refractivity contribution in [3.8, 4) is 0 Å². The van der Waals surface area contributed by atoms with Gasteiger partial charge in [-0.25, -0.2) is 19.6 Å². The number of ether oxygens (including phenoxy) is 1. The molecule has 17 heavy (non-hydrogen) atoms. The molecule has 2 rings (SSSR count).